The van der Waals surface area contributed by atoms with Crippen LogP contribution in [0.15, 0.2) is 33.8 Å². The van der Waals surface area contributed by atoms with E-state index < -0.39 is 80.2 Å². The van der Waals surface area contributed by atoms with Crippen LogP contribution in [0.4, 0.5) is 14.0 Å². The van der Waals surface area contributed by atoms with Crippen LogP contribution in [0.3, 0.4) is 0 Å². The monoisotopic (exact) mass is 787 g/mol. The van der Waals surface area contributed by atoms with E-state index in [1.807, 2.05) is 0 Å². The zero-order valence-electron chi connectivity index (χ0n) is 31.9. The molecule has 17 heteroatoms. The zero-order chi connectivity index (χ0) is 39.9. The molecule has 5 amide bonds. The van der Waals surface area contributed by atoms with Crippen molar-refractivity contribution >= 4 is 39.9 Å². The third-order valence-electron chi connectivity index (χ3n) is 10.8. The minimum absolute atomic E-state index is 0.0128. The van der Waals surface area contributed by atoms with E-state index in [0.717, 1.165) is 25.7 Å². The Balaban J connectivity index is 1.26. The lowest BCUT2D eigenvalue weighted by molar-refractivity contribution is -0.141. The van der Waals surface area contributed by atoms with Crippen LogP contribution in [0.1, 0.15) is 101 Å². The number of nitrogens with one attached hydrogen (secondary N) is 3. The van der Waals surface area contributed by atoms with Gasteiger partial charge in [0.15, 0.2) is 0 Å². The van der Waals surface area contributed by atoms with Crippen molar-refractivity contribution in [1.82, 2.24) is 25.2 Å². The van der Waals surface area contributed by atoms with E-state index in [9.17, 15) is 36.8 Å². The molecule has 2 aromatic rings. The van der Waals surface area contributed by atoms with Crippen molar-refractivity contribution in [3.05, 3.63) is 52.5 Å². The van der Waals surface area contributed by atoms with Crippen molar-refractivity contribution in [2.24, 2.45) is 5.92 Å². The second-order valence-corrected chi connectivity index (χ2v) is 17.7. The van der Waals surface area contributed by atoms with Gasteiger partial charge in [-0.25, -0.2) is 18.7 Å². The second kappa shape index (κ2) is 15.5. The summed E-state index contributed by atoms with van der Waals surface area (Å²) < 4.78 is 59.8. The van der Waals surface area contributed by atoms with Crippen molar-refractivity contribution in [1.29, 1.82) is 0 Å². The van der Waals surface area contributed by atoms with Crippen molar-refractivity contribution in [3.8, 4) is 0 Å². The molecule has 0 radical (unpaired) electrons. The molecule has 1 aliphatic carbocycles. The maximum atomic E-state index is 14.5. The molecule has 4 aliphatic rings. The molecular formula is C38H50FN5O10S. The predicted octanol–water partition coefficient (Wildman–Crippen LogP) is 4.47. The van der Waals surface area contributed by atoms with Crippen LogP contribution in [0.5, 0.6) is 0 Å². The van der Waals surface area contributed by atoms with Gasteiger partial charge in [-0.2, -0.15) is 8.42 Å². The fraction of sp³-hybridized carbons (Fsp3) is 0.605. The number of carbonyl (C=O) groups is 5. The number of rotatable bonds is 5. The first-order valence-corrected chi connectivity index (χ1v) is 20.3. The molecule has 3 aliphatic heterocycles. The molecule has 1 aromatic carbocycles. The highest BCUT2D eigenvalue weighted by atomic mass is 32.2. The Labute approximate surface area is 320 Å². The number of furan rings is 1. The third kappa shape index (κ3) is 8.92. The highest BCUT2D eigenvalue weighted by Crippen LogP contribution is 2.48. The fourth-order valence-electron chi connectivity index (χ4n) is 7.68. The first-order valence-electron chi connectivity index (χ1n) is 18.8. The summed E-state index contributed by atoms with van der Waals surface area (Å²) in [4.78, 5) is 71.5. The third-order valence-corrected chi connectivity index (χ3v) is 12.0. The molecule has 1 saturated carbocycles. The Bertz CT molecular complexity index is 1940. The Hall–Kier alpha value is -4.67. The summed E-state index contributed by atoms with van der Waals surface area (Å²) in [5, 5.41) is 5.05. The van der Waals surface area contributed by atoms with E-state index in [2.05, 4.69) is 15.4 Å². The Morgan fingerprint density at radius 1 is 1.04 bits per heavy atom. The van der Waals surface area contributed by atoms with E-state index in [1.54, 1.807) is 46.8 Å². The topological polar surface area (TPSA) is 194 Å². The standard InChI is InChI=1S/C38H50FN5O10S/c1-22-16-31(52-23(22)2)55(50,51)42-34(47)38-18-25(38)13-9-7-6-8-10-15-29(40-35(48)54-37(3,4)5)33(46)44-20-26(17-30(44)32(45)41-38)53-36(49)43-19-24-12-11-14-28(39)27(24)21-43/h11-12,14,16,25-26,29-30H,6-10,13,15,17-21H2,1-5H3,(H,40,48)(H,41,45)(H,42,47)/t25-,26-,29+,30+,38-/m1/s1. The van der Waals surface area contributed by atoms with E-state index >= 15 is 0 Å². The molecule has 55 heavy (non-hydrogen) atoms. The van der Waals surface area contributed by atoms with Gasteiger partial charge >= 0.3 is 12.2 Å². The molecule has 5 atom stereocenters. The van der Waals surface area contributed by atoms with Gasteiger partial charge in [-0.05, 0) is 77.0 Å². The largest absolute Gasteiger partial charge is 0.448 e. The van der Waals surface area contributed by atoms with Crippen LogP contribution in [-0.2, 0) is 47.0 Å². The number of benzene rings is 1. The van der Waals surface area contributed by atoms with Gasteiger partial charge in [0.1, 0.15) is 40.9 Å². The number of hydrogen-bond donors (Lipinski definition) is 3. The number of fused-ring (bicyclic) bond motifs is 3. The van der Waals surface area contributed by atoms with Crippen molar-refractivity contribution < 1.29 is 50.7 Å². The molecule has 1 aromatic heterocycles. The summed E-state index contributed by atoms with van der Waals surface area (Å²) in [6.45, 7) is 8.24. The lowest BCUT2D eigenvalue weighted by Crippen LogP contribution is -2.58. The quantitative estimate of drug-likeness (QED) is 0.389. The fourth-order valence-corrected chi connectivity index (χ4v) is 8.78. The molecule has 0 unspecified atom stereocenters. The number of alkyl carbamates (subject to hydrolysis) is 1. The molecule has 2 saturated heterocycles. The molecule has 0 spiro atoms. The number of sulfonamides is 1. The maximum absolute atomic E-state index is 14.5. The highest BCUT2D eigenvalue weighted by molar-refractivity contribution is 7.89. The summed E-state index contributed by atoms with van der Waals surface area (Å²) in [5.74, 6) is -2.72. The number of amides is 5. The van der Waals surface area contributed by atoms with Crippen LogP contribution in [0.2, 0.25) is 0 Å². The first kappa shape index (κ1) is 40.0. The summed E-state index contributed by atoms with van der Waals surface area (Å²) in [6.07, 6.45) is 1.93. The van der Waals surface area contributed by atoms with Gasteiger partial charge in [0.05, 0.1) is 13.1 Å². The average Bonchev–Trinajstić information content (AvgIpc) is 3.39. The highest BCUT2D eigenvalue weighted by Gasteiger charge is 2.62. The normalized spacial score (nSPS) is 26.1. The van der Waals surface area contributed by atoms with Crippen LogP contribution < -0.4 is 15.4 Å². The van der Waals surface area contributed by atoms with Gasteiger partial charge in [0.2, 0.25) is 16.9 Å². The number of ether oxygens (including phenoxy) is 2. The first-order chi connectivity index (χ1) is 25.9. The maximum Gasteiger partial charge on any atom is 0.410 e. The van der Waals surface area contributed by atoms with E-state index in [-0.39, 0.29) is 44.8 Å². The van der Waals surface area contributed by atoms with Crippen LogP contribution >= 0.6 is 0 Å². The van der Waals surface area contributed by atoms with Gasteiger partial charge in [0, 0.05) is 24.6 Å². The van der Waals surface area contributed by atoms with Gasteiger partial charge in [-0.3, -0.25) is 19.3 Å². The molecule has 4 heterocycles. The van der Waals surface area contributed by atoms with Gasteiger partial charge in [-0.15, -0.1) is 0 Å². The van der Waals surface area contributed by atoms with Gasteiger partial charge in [-0.1, -0.05) is 44.2 Å². The zero-order valence-corrected chi connectivity index (χ0v) is 32.7. The van der Waals surface area contributed by atoms with Crippen LogP contribution in [-0.4, -0.2) is 84.0 Å². The average molecular weight is 788 g/mol. The van der Waals surface area contributed by atoms with Crippen molar-refractivity contribution in [2.75, 3.05) is 6.54 Å². The molecule has 300 valence electrons. The molecular weight excluding hydrogens is 738 g/mol. The molecule has 0 bridgehead atoms. The Morgan fingerprint density at radius 2 is 1.75 bits per heavy atom. The van der Waals surface area contributed by atoms with Crippen LogP contribution in [0.25, 0.3) is 0 Å². The number of hydrogen-bond acceptors (Lipinski definition) is 10. The lowest BCUT2D eigenvalue weighted by atomic mass is 10.0. The van der Waals surface area contributed by atoms with E-state index in [1.165, 1.54) is 21.9 Å². The van der Waals surface area contributed by atoms with Crippen molar-refractivity contribution in [3.63, 3.8) is 0 Å². The van der Waals surface area contributed by atoms with Crippen molar-refractivity contribution in [2.45, 2.75) is 140 Å². The molecule has 3 N–H and O–H groups in total. The summed E-state index contributed by atoms with van der Waals surface area (Å²) in [5.41, 5.74) is -0.836. The number of aryl methyl sites for hydroxylation is 2. The minimum Gasteiger partial charge on any atom is -0.448 e. The molecule has 3 fully saturated rings. The summed E-state index contributed by atoms with van der Waals surface area (Å²) >= 11 is 0. The SMILES string of the molecule is Cc1cc(S(=O)(=O)NC(=O)[C@@]23C[C@H]2CCCCCCC[C@H](NC(=O)OC(C)(C)C)C(=O)N2C[C@H](OC(=O)N4Cc5cccc(F)c5C4)C[C@H]2C(=O)N3)oc1C. The minimum atomic E-state index is -4.44. The number of carbonyl (C=O) groups excluding carboxylic acids is 5. The second-order valence-electron chi connectivity index (χ2n) is 16.1. The Kier molecular flexibility index (Phi) is 11.2. The number of halogens is 1. The number of nitrogens with zero attached hydrogens (tertiary/aromatic N) is 2. The van der Waals surface area contributed by atoms with E-state index in [0.29, 0.717) is 35.3 Å². The van der Waals surface area contributed by atoms with Gasteiger partial charge < -0.3 is 29.4 Å². The molecule has 15 nitrogen and oxygen atoms in total. The summed E-state index contributed by atoms with van der Waals surface area (Å²) in [6, 6.07) is 3.56. The van der Waals surface area contributed by atoms with Crippen LogP contribution in [0, 0.1) is 25.6 Å². The smallest absolute Gasteiger partial charge is 0.410 e. The Morgan fingerprint density at radius 3 is 2.42 bits per heavy atom. The summed E-state index contributed by atoms with van der Waals surface area (Å²) in [7, 11) is -4.44. The van der Waals surface area contributed by atoms with Gasteiger partial charge in [0.25, 0.3) is 15.9 Å². The predicted molar refractivity (Wildman–Crippen MR) is 194 cm³/mol. The lowest BCUT2D eigenvalue weighted by Gasteiger charge is -2.30. The molecule has 6 rings (SSSR count). The van der Waals surface area contributed by atoms with E-state index in [4.69, 9.17) is 13.9 Å².